The van der Waals surface area contributed by atoms with E-state index in [0.717, 1.165) is 11.5 Å². The van der Waals surface area contributed by atoms with Crippen LogP contribution >= 0.6 is 0 Å². The molecule has 2 aromatic rings. The lowest BCUT2D eigenvalue weighted by molar-refractivity contribution is 0.270. The Morgan fingerprint density at radius 3 is 2.33 bits per heavy atom. The Morgan fingerprint density at radius 1 is 1.10 bits per heavy atom. The van der Waals surface area contributed by atoms with Gasteiger partial charge in [0.2, 0.25) is 10.0 Å². The summed E-state index contributed by atoms with van der Waals surface area (Å²) in [6, 6.07) is 5.46. The summed E-state index contributed by atoms with van der Waals surface area (Å²) in [6.45, 7) is 1.48. The van der Waals surface area contributed by atoms with Gasteiger partial charge in [0.25, 0.3) is 0 Å². The molecule has 0 spiro atoms. The molecule has 0 N–H and O–H groups in total. The summed E-state index contributed by atoms with van der Waals surface area (Å²) in [7, 11) is 0.261. The van der Waals surface area contributed by atoms with Gasteiger partial charge in [-0.2, -0.15) is 4.31 Å². The molecule has 2 heterocycles. The lowest BCUT2D eigenvalue weighted by Gasteiger charge is -2.13. The van der Waals surface area contributed by atoms with Crippen LogP contribution in [0.3, 0.4) is 0 Å². The van der Waals surface area contributed by atoms with E-state index in [1.807, 2.05) is 24.1 Å². The Bertz CT molecular complexity index is 663. The van der Waals surface area contributed by atoms with E-state index >= 15 is 0 Å². The second-order valence-electron chi connectivity index (χ2n) is 5.05. The van der Waals surface area contributed by atoms with Gasteiger partial charge in [0, 0.05) is 19.7 Å². The summed E-state index contributed by atoms with van der Waals surface area (Å²) in [5.41, 5.74) is 0.848. The fraction of sp³-hybridized carbons (Fsp3) is 0.462. The first kappa shape index (κ1) is 15.7. The van der Waals surface area contributed by atoms with Crippen LogP contribution in [-0.4, -0.2) is 43.1 Å². The quantitative estimate of drug-likeness (QED) is 0.766. The van der Waals surface area contributed by atoms with Crippen molar-refractivity contribution in [3.63, 3.8) is 0 Å². The van der Waals surface area contributed by atoms with Crippen LogP contribution in [0.1, 0.15) is 17.2 Å². The number of aromatic nitrogens is 1. The van der Waals surface area contributed by atoms with Gasteiger partial charge in [-0.1, -0.05) is 5.16 Å². The van der Waals surface area contributed by atoms with Crippen LogP contribution in [0.15, 0.2) is 33.4 Å². The number of sulfonamides is 1. The van der Waals surface area contributed by atoms with Crippen LogP contribution in [0, 0.1) is 0 Å². The van der Waals surface area contributed by atoms with Crippen LogP contribution in [0.25, 0.3) is 0 Å². The van der Waals surface area contributed by atoms with Gasteiger partial charge in [0.05, 0.1) is 25.0 Å². The Hall–Kier alpha value is -1.64. The minimum Gasteiger partial charge on any atom is -0.463 e. The summed E-state index contributed by atoms with van der Waals surface area (Å²) in [4.78, 5) is 2.03. The lowest BCUT2D eigenvalue weighted by Crippen LogP contribution is -2.24. The molecule has 0 atom stereocenters. The zero-order valence-electron chi connectivity index (χ0n) is 12.3. The van der Waals surface area contributed by atoms with Crippen molar-refractivity contribution in [2.75, 3.05) is 20.4 Å². The molecule has 0 aliphatic heterocycles. The van der Waals surface area contributed by atoms with Crippen molar-refractivity contribution < 1.29 is 17.4 Å². The third-order valence-corrected chi connectivity index (χ3v) is 4.27. The minimum atomic E-state index is -3.20. The molecule has 0 aliphatic carbocycles. The molecule has 2 aromatic heterocycles. The van der Waals surface area contributed by atoms with Crippen molar-refractivity contribution in [2.24, 2.45) is 0 Å². The topological polar surface area (TPSA) is 79.8 Å². The van der Waals surface area contributed by atoms with E-state index in [0.29, 0.717) is 18.8 Å². The molecule has 0 unspecified atom stereocenters. The average molecular weight is 313 g/mol. The van der Waals surface area contributed by atoms with E-state index < -0.39 is 10.0 Å². The summed E-state index contributed by atoms with van der Waals surface area (Å²) < 4.78 is 34.4. The first-order valence-corrected chi connectivity index (χ1v) is 8.26. The molecular formula is C13H19N3O4S. The predicted molar refractivity (Wildman–Crippen MR) is 76.7 cm³/mol. The van der Waals surface area contributed by atoms with Crippen molar-refractivity contribution >= 4 is 10.0 Å². The van der Waals surface area contributed by atoms with E-state index in [-0.39, 0.29) is 6.54 Å². The number of nitrogens with zero attached hydrogens (tertiary/aromatic N) is 3. The smallest absolute Gasteiger partial charge is 0.211 e. The van der Waals surface area contributed by atoms with Crippen LogP contribution in [-0.2, 0) is 29.7 Å². The number of hydrogen-bond donors (Lipinski definition) is 0. The third kappa shape index (κ3) is 4.69. The van der Waals surface area contributed by atoms with Gasteiger partial charge < -0.3 is 8.94 Å². The fourth-order valence-electron chi connectivity index (χ4n) is 1.85. The predicted octanol–water partition coefficient (Wildman–Crippen LogP) is 1.29. The van der Waals surface area contributed by atoms with Crippen molar-refractivity contribution in [2.45, 2.75) is 19.6 Å². The maximum absolute atomic E-state index is 11.4. The molecular weight excluding hydrogens is 294 g/mol. The van der Waals surface area contributed by atoms with Gasteiger partial charge in [-0.3, -0.25) is 4.90 Å². The summed E-state index contributed by atoms with van der Waals surface area (Å²) >= 11 is 0. The van der Waals surface area contributed by atoms with Gasteiger partial charge in [-0.25, -0.2) is 8.42 Å². The van der Waals surface area contributed by atoms with Gasteiger partial charge in [-0.05, 0) is 19.2 Å². The summed E-state index contributed by atoms with van der Waals surface area (Å²) in [6.07, 6.45) is 2.71. The highest BCUT2D eigenvalue weighted by atomic mass is 32.2. The molecule has 0 bridgehead atoms. The standard InChI is InChI=1S/C13H19N3O4S/c1-15(8-11-6-7-19-14-11)9-12-4-5-13(20-12)10-16(2)21(3,17)18/h4-7H,8-10H2,1-3H3. The Balaban J connectivity index is 1.91. The number of hydrogen-bond acceptors (Lipinski definition) is 6. The highest BCUT2D eigenvalue weighted by molar-refractivity contribution is 7.88. The SMILES string of the molecule is CN(Cc1ccon1)Cc1ccc(CN(C)S(C)(=O)=O)o1. The van der Waals surface area contributed by atoms with Crippen molar-refractivity contribution in [3.05, 3.63) is 41.7 Å². The van der Waals surface area contributed by atoms with Gasteiger partial charge in [0.1, 0.15) is 17.8 Å². The second kappa shape index (κ2) is 6.42. The molecule has 0 saturated heterocycles. The first-order valence-electron chi connectivity index (χ1n) is 6.41. The van der Waals surface area contributed by atoms with Crippen LogP contribution < -0.4 is 0 Å². The lowest BCUT2D eigenvalue weighted by atomic mass is 10.3. The minimum absolute atomic E-state index is 0.228. The molecule has 0 amide bonds. The monoisotopic (exact) mass is 313 g/mol. The van der Waals surface area contributed by atoms with E-state index in [4.69, 9.17) is 8.94 Å². The van der Waals surface area contributed by atoms with E-state index in [2.05, 4.69) is 5.16 Å². The van der Waals surface area contributed by atoms with Crippen LogP contribution in [0.4, 0.5) is 0 Å². The molecule has 116 valence electrons. The van der Waals surface area contributed by atoms with Gasteiger partial charge in [0.15, 0.2) is 0 Å². The van der Waals surface area contributed by atoms with E-state index in [1.165, 1.54) is 23.9 Å². The van der Waals surface area contributed by atoms with Gasteiger partial charge >= 0.3 is 0 Å². The zero-order chi connectivity index (χ0) is 15.5. The molecule has 0 aromatic carbocycles. The molecule has 0 saturated carbocycles. The molecule has 21 heavy (non-hydrogen) atoms. The molecule has 8 heteroatoms. The van der Waals surface area contributed by atoms with Crippen LogP contribution in [0.5, 0.6) is 0 Å². The van der Waals surface area contributed by atoms with E-state index in [9.17, 15) is 8.42 Å². The Labute approximate surface area is 124 Å². The van der Waals surface area contributed by atoms with Crippen molar-refractivity contribution in [1.82, 2.24) is 14.4 Å². The maximum atomic E-state index is 11.4. The molecule has 0 radical (unpaired) electrons. The second-order valence-corrected chi connectivity index (χ2v) is 7.14. The summed E-state index contributed by atoms with van der Waals surface area (Å²) in [5.74, 6) is 1.39. The van der Waals surface area contributed by atoms with E-state index in [1.54, 1.807) is 6.07 Å². The van der Waals surface area contributed by atoms with Crippen LogP contribution in [0.2, 0.25) is 0 Å². The normalized spacial score (nSPS) is 12.4. The molecule has 2 rings (SSSR count). The fourth-order valence-corrected chi connectivity index (χ4v) is 2.21. The largest absolute Gasteiger partial charge is 0.463 e. The molecule has 0 fully saturated rings. The zero-order valence-corrected chi connectivity index (χ0v) is 13.1. The summed E-state index contributed by atoms with van der Waals surface area (Å²) in [5, 5.41) is 3.85. The highest BCUT2D eigenvalue weighted by Crippen LogP contribution is 2.14. The van der Waals surface area contributed by atoms with Gasteiger partial charge in [-0.15, -0.1) is 0 Å². The Kier molecular flexibility index (Phi) is 4.81. The first-order chi connectivity index (χ1) is 9.84. The maximum Gasteiger partial charge on any atom is 0.211 e. The number of rotatable bonds is 7. The third-order valence-electron chi connectivity index (χ3n) is 3.01. The number of furan rings is 1. The van der Waals surface area contributed by atoms with Crippen molar-refractivity contribution in [3.8, 4) is 0 Å². The highest BCUT2D eigenvalue weighted by Gasteiger charge is 2.14. The van der Waals surface area contributed by atoms with Crippen molar-refractivity contribution in [1.29, 1.82) is 0 Å². The molecule has 7 nitrogen and oxygen atoms in total. The molecule has 0 aliphatic rings. The Morgan fingerprint density at radius 2 is 1.76 bits per heavy atom. The average Bonchev–Trinajstić information content (AvgIpc) is 3.00.